The number of carbonyl (C=O) groups is 1. The summed E-state index contributed by atoms with van der Waals surface area (Å²) in [5.41, 5.74) is 2.37. The zero-order valence-corrected chi connectivity index (χ0v) is 11.2. The summed E-state index contributed by atoms with van der Waals surface area (Å²) >= 11 is 0. The van der Waals surface area contributed by atoms with Gasteiger partial charge in [-0.05, 0) is 36.2 Å². The molecule has 1 aromatic heterocycles. The summed E-state index contributed by atoms with van der Waals surface area (Å²) in [7, 11) is 4.02. The summed E-state index contributed by atoms with van der Waals surface area (Å²) in [6.45, 7) is 0.598. The van der Waals surface area contributed by atoms with Gasteiger partial charge >= 0.3 is 0 Å². The highest BCUT2D eigenvalue weighted by Gasteiger charge is 2.06. The number of furan rings is 1. The Hall–Kier alpha value is -2.23. The van der Waals surface area contributed by atoms with E-state index in [-0.39, 0.29) is 5.91 Å². The Morgan fingerprint density at radius 3 is 2.53 bits per heavy atom. The van der Waals surface area contributed by atoms with Crippen LogP contribution in [0.3, 0.4) is 0 Å². The number of benzene rings is 1. The standard InChI is InChI=1S/C15H18N2O2/c1-17(2)13-7-5-12(6-8-13)9-10-16-15(18)14-4-3-11-19-14/h3-8,11H,9-10H2,1-2H3,(H,16,18). The Labute approximate surface area is 113 Å². The molecular formula is C15H18N2O2. The number of carbonyl (C=O) groups excluding carboxylic acids is 1. The minimum Gasteiger partial charge on any atom is -0.459 e. The summed E-state index contributed by atoms with van der Waals surface area (Å²) in [5.74, 6) is 0.179. The second-order valence-electron chi connectivity index (χ2n) is 4.54. The van der Waals surface area contributed by atoms with Crippen LogP contribution in [0, 0.1) is 0 Å². The van der Waals surface area contributed by atoms with Crippen LogP contribution in [0.15, 0.2) is 47.1 Å². The predicted molar refractivity (Wildman–Crippen MR) is 75.5 cm³/mol. The van der Waals surface area contributed by atoms with Gasteiger partial charge in [-0.3, -0.25) is 4.79 Å². The van der Waals surface area contributed by atoms with Crippen molar-refractivity contribution in [1.29, 1.82) is 0 Å². The molecule has 0 atom stereocenters. The maximum Gasteiger partial charge on any atom is 0.286 e. The zero-order chi connectivity index (χ0) is 13.7. The van der Waals surface area contributed by atoms with Crippen molar-refractivity contribution < 1.29 is 9.21 Å². The summed E-state index contributed by atoms with van der Waals surface area (Å²) in [5, 5.41) is 2.83. The van der Waals surface area contributed by atoms with E-state index in [1.807, 2.05) is 14.1 Å². The third-order valence-corrected chi connectivity index (χ3v) is 2.90. The highest BCUT2D eigenvalue weighted by atomic mass is 16.3. The van der Waals surface area contributed by atoms with Crippen LogP contribution in [0.25, 0.3) is 0 Å². The van der Waals surface area contributed by atoms with Crippen LogP contribution in [0.1, 0.15) is 16.1 Å². The van der Waals surface area contributed by atoms with E-state index in [1.54, 1.807) is 12.1 Å². The SMILES string of the molecule is CN(C)c1ccc(CCNC(=O)c2ccco2)cc1. The Morgan fingerprint density at radius 1 is 1.21 bits per heavy atom. The molecule has 0 bridgehead atoms. The molecule has 1 N–H and O–H groups in total. The molecular weight excluding hydrogens is 240 g/mol. The molecule has 0 aliphatic carbocycles. The Morgan fingerprint density at radius 2 is 1.95 bits per heavy atom. The van der Waals surface area contributed by atoms with E-state index >= 15 is 0 Å². The molecule has 4 heteroatoms. The van der Waals surface area contributed by atoms with Crippen molar-refractivity contribution >= 4 is 11.6 Å². The average molecular weight is 258 g/mol. The van der Waals surface area contributed by atoms with Gasteiger partial charge < -0.3 is 14.6 Å². The maximum atomic E-state index is 11.6. The van der Waals surface area contributed by atoms with Crippen molar-refractivity contribution in [3.63, 3.8) is 0 Å². The van der Waals surface area contributed by atoms with Crippen LogP contribution >= 0.6 is 0 Å². The average Bonchev–Trinajstić information content (AvgIpc) is 2.93. The molecule has 1 aromatic carbocycles. The van der Waals surface area contributed by atoms with E-state index in [2.05, 4.69) is 34.5 Å². The molecule has 0 aliphatic rings. The molecule has 0 unspecified atom stereocenters. The van der Waals surface area contributed by atoms with Crippen molar-refractivity contribution in [2.45, 2.75) is 6.42 Å². The van der Waals surface area contributed by atoms with Gasteiger partial charge in [0.1, 0.15) is 0 Å². The summed E-state index contributed by atoms with van der Waals surface area (Å²) in [6, 6.07) is 11.7. The highest BCUT2D eigenvalue weighted by Crippen LogP contribution is 2.12. The Kier molecular flexibility index (Phi) is 4.23. The van der Waals surface area contributed by atoms with Crippen LogP contribution in [0.4, 0.5) is 5.69 Å². The molecule has 0 saturated heterocycles. The molecule has 2 rings (SSSR count). The van der Waals surface area contributed by atoms with Gasteiger partial charge in [-0.15, -0.1) is 0 Å². The fourth-order valence-corrected chi connectivity index (χ4v) is 1.78. The van der Waals surface area contributed by atoms with Crippen molar-refractivity contribution in [2.24, 2.45) is 0 Å². The molecule has 4 nitrogen and oxygen atoms in total. The Balaban J connectivity index is 1.81. The normalized spacial score (nSPS) is 10.2. The molecule has 0 aliphatic heterocycles. The number of nitrogens with one attached hydrogen (secondary N) is 1. The minimum atomic E-state index is -0.171. The Bertz CT molecular complexity index is 516. The minimum absolute atomic E-state index is 0.171. The van der Waals surface area contributed by atoms with Crippen molar-refractivity contribution in [3.05, 3.63) is 54.0 Å². The van der Waals surface area contributed by atoms with Gasteiger partial charge in [0.25, 0.3) is 5.91 Å². The largest absolute Gasteiger partial charge is 0.459 e. The third-order valence-electron chi connectivity index (χ3n) is 2.90. The van der Waals surface area contributed by atoms with E-state index in [0.29, 0.717) is 12.3 Å². The van der Waals surface area contributed by atoms with Crippen LogP contribution in [0.5, 0.6) is 0 Å². The number of amides is 1. The third kappa shape index (κ3) is 3.61. The van der Waals surface area contributed by atoms with Gasteiger partial charge in [-0.1, -0.05) is 12.1 Å². The van der Waals surface area contributed by atoms with Crippen molar-refractivity contribution in [2.75, 3.05) is 25.5 Å². The quantitative estimate of drug-likeness (QED) is 0.895. The van der Waals surface area contributed by atoms with Gasteiger partial charge in [-0.25, -0.2) is 0 Å². The van der Waals surface area contributed by atoms with Gasteiger partial charge in [-0.2, -0.15) is 0 Å². The van der Waals surface area contributed by atoms with E-state index in [1.165, 1.54) is 17.5 Å². The second kappa shape index (κ2) is 6.09. The number of rotatable bonds is 5. The zero-order valence-electron chi connectivity index (χ0n) is 11.2. The fraction of sp³-hybridized carbons (Fsp3) is 0.267. The first kappa shape index (κ1) is 13.2. The number of hydrogen-bond donors (Lipinski definition) is 1. The maximum absolute atomic E-state index is 11.6. The van der Waals surface area contributed by atoms with E-state index < -0.39 is 0 Å². The summed E-state index contributed by atoms with van der Waals surface area (Å²) < 4.78 is 5.02. The van der Waals surface area contributed by atoms with Gasteiger partial charge in [0.05, 0.1) is 6.26 Å². The monoisotopic (exact) mass is 258 g/mol. The van der Waals surface area contributed by atoms with Crippen molar-refractivity contribution in [1.82, 2.24) is 5.32 Å². The van der Waals surface area contributed by atoms with Crippen molar-refractivity contribution in [3.8, 4) is 0 Å². The van der Waals surface area contributed by atoms with E-state index in [4.69, 9.17) is 4.42 Å². The molecule has 1 heterocycles. The lowest BCUT2D eigenvalue weighted by molar-refractivity contribution is 0.0926. The highest BCUT2D eigenvalue weighted by molar-refractivity contribution is 5.91. The fourth-order valence-electron chi connectivity index (χ4n) is 1.78. The number of hydrogen-bond acceptors (Lipinski definition) is 3. The number of nitrogens with zero attached hydrogens (tertiary/aromatic N) is 1. The molecule has 0 spiro atoms. The van der Waals surface area contributed by atoms with Crippen LogP contribution in [-0.4, -0.2) is 26.5 Å². The smallest absolute Gasteiger partial charge is 0.286 e. The molecule has 0 radical (unpaired) electrons. The van der Waals surface area contributed by atoms with Gasteiger partial charge in [0.15, 0.2) is 5.76 Å². The lowest BCUT2D eigenvalue weighted by Gasteiger charge is -2.12. The van der Waals surface area contributed by atoms with Crippen LogP contribution in [-0.2, 0) is 6.42 Å². The first-order valence-corrected chi connectivity index (χ1v) is 6.25. The van der Waals surface area contributed by atoms with Gasteiger partial charge in [0.2, 0.25) is 0 Å². The summed E-state index contributed by atoms with van der Waals surface area (Å²) in [4.78, 5) is 13.7. The summed E-state index contributed by atoms with van der Waals surface area (Å²) in [6.07, 6.45) is 2.30. The lowest BCUT2D eigenvalue weighted by Crippen LogP contribution is -2.25. The molecule has 100 valence electrons. The molecule has 1 amide bonds. The first-order chi connectivity index (χ1) is 9.16. The molecule has 0 saturated carbocycles. The molecule has 2 aromatic rings. The van der Waals surface area contributed by atoms with E-state index in [0.717, 1.165) is 6.42 Å². The first-order valence-electron chi connectivity index (χ1n) is 6.25. The van der Waals surface area contributed by atoms with Crippen LogP contribution in [0.2, 0.25) is 0 Å². The topological polar surface area (TPSA) is 45.5 Å². The lowest BCUT2D eigenvalue weighted by atomic mass is 10.1. The molecule has 0 fully saturated rings. The van der Waals surface area contributed by atoms with Gasteiger partial charge in [0, 0.05) is 26.3 Å². The van der Waals surface area contributed by atoms with Crippen LogP contribution < -0.4 is 10.2 Å². The second-order valence-corrected chi connectivity index (χ2v) is 4.54. The molecule has 19 heavy (non-hydrogen) atoms. The van der Waals surface area contributed by atoms with E-state index in [9.17, 15) is 4.79 Å². The number of anilines is 1. The predicted octanol–water partition coefficient (Wildman–Crippen LogP) is 2.32.